The van der Waals surface area contributed by atoms with Crippen molar-refractivity contribution in [3.8, 4) is 5.75 Å². The molecule has 1 aromatic rings. The van der Waals surface area contributed by atoms with Gasteiger partial charge in [0.25, 0.3) is 5.91 Å². The molecule has 0 saturated heterocycles. The molecule has 25 heavy (non-hydrogen) atoms. The molecule has 0 radical (unpaired) electrons. The highest BCUT2D eigenvalue weighted by atomic mass is 32.2. The van der Waals surface area contributed by atoms with Gasteiger partial charge in [-0.05, 0) is 36.5 Å². The Kier molecular flexibility index (Phi) is 7.44. The van der Waals surface area contributed by atoms with E-state index in [1.807, 2.05) is 24.3 Å². The average molecular weight is 371 g/mol. The van der Waals surface area contributed by atoms with Gasteiger partial charge >= 0.3 is 0 Å². The van der Waals surface area contributed by atoms with Gasteiger partial charge < -0.3 is 10.1 Å². The number of ether oxygens (including phenoxy) is 1. The Labute approximate surface area is 151 Å². The minimum Gasteiger partial charge on any atom is -0.481 e. The molecule has 0 heterocycles. The van der Waals surface area contributed by atoms with Crippen LogP contribution in [0.1, 0.15) is 39.7 Å². The Morgan fingerprint density at radius 1 is 1.24 bits per heavy atom. The van der Waals surface area contributed by atoms with Crippen LogP contribution in [0.3, 0.4) is 0 Å². The van der Waals surface area contributed by atoms with E-state index in [-0.39, 0.29) is 11.3 Å². The molecule has 1 amide bonds. The van der Waals surface area contributed by atoms with Crippen LogP contribution >= 0.6 is 0 Å². The van der Waals surface area contributed by atoms with Gasteiger partial charge in [0.15, 0.2) is 6.10 Å². The topological polar surface area (TPSA) is 75.7 Å². The SMILES string of the molecule is CC(Oc1ccc(C(C)(C)C)cc1)C(=O)NCCCN(C)S(C)(=O)=O. The molecule has 1 atom stereocenters. The maximum absolute atomic E-state index is 12.0. The first kappa shape index (κ1) is 21.4. The van der Waals surface area contributed by atoms with E-state index < -0.39 is 16.1 Å². The molecule has 0 aliphatic rings. The lowest BCUT2D eigenvalue weighted by Crippen LogP contribution is -2.38. The van der Waals surface area contributed by atoms with E-state index in [2.05, 4.69) is 26.1 Å². The Hall–Kier alpha value is -1.60. The van der Waals surface area contributed by atoms with Crippen LogP contribution in [0.25, 0.3) is 0 Å². The van der Waals surface area contributed by atoms with Gasteiger partial charge in [-0.3, -0.25) is 4.79 Å². The lowest BCUT2D eigenvalue weighted by atomic mass is 9.87. The van der Waals surface area contributed by atoms with E-state index in [1.54, 1.807) is 6.92 Å². The number of carbonyl (C=O) groups excluding carboxylic acids is 1. The van der Waals surface area contributed by atoms with Crippen molar-refractivity contribution < 1.29 is 17.9 Å². The number of nitrogens with one attached hydrogen (secondary N) is 1. The van der Waals surface area contributed by atoms with Crippen LogP contribution < -0.4 is 10.1 Å². The van der Waals surface area contributed by atoms with E-state index in [1.165, 1.54) is 16.9 Å². The van der Waals surface area contributed by atoms with Crippen LogP contribution in [0.5, 0.6) is 5.75 Å². The van der Waals surface area contributed by atoms with Crippen LogP contribution in [0, 0.1) is 0 Å². The molecular weight excluding hydrogens is 340 g/mol. The third-order valence-electron chi connectivity index (χ3n) is 3.92. The van der Waals surface area contributed by atoms with E-state index in [9.17, 15) is 13.2 Å². The van der Waals surface area contributed by atoms with E-state index in [4.69, 9.17) is 4.74 Å². The second-order valence-electron chi connectivity index (χ2n) is 7.26. The quantitative estimate of drug-likeness (QED) is 0.712. The second-order valence-corrected chi connectivity index (χ2v) is 9.35. The number of carbonyl (C=O) groups is 1. The summed E-state index contributed by atoms with van der Waals surface area (Å²) in [6.07, 6.45) is 1.09. The molecule has 1 rings (SSSR count). The fourth-order valence-electron chi connectivity index (χ4n) is 2.11. The van der Waals surface area contributed by atoms with Crippen LogP contribution in [-0.4, -0.2) is 51.1 Å². The first-order valence-electron chi connectivity index (χ1n) is 8.37. The zero-order valence-corrected chi connectivity index (χ0v) is 16.8. The monoisotopic (exact) mass is 370 g/mol. The van der Waals surface area contributed by atoms with Gasteiger partial charge in [-0.1, -0.05) is 32.9 Å². The Bertz CT molecular complexity index is 663. The number of hydrogen-bond donors (Lipinski definition) is 1. The van der Waals surface area contributed by atoms with Gasteiger partial charge in [0.2, 0.25) is 10.0 Å². The van der Waals surface area contributed by atoms with Crippen LogP contribution in [0.4, 0.5) is 0 Å². The van der Waals surface area contributed by atoms with Gasteiger partial charge in [0.1, 0.15) is 5.75 Å². The largest absolute Gasteiger partial charge is 0.481 e. The fourth-order valence-corrected chi connectivity index (χ4v) is 2.57. The van der Waals surface area contributed by atoms with Gasteiger partial charge in [-0.15, -0.1) is 0 Å². The number of sulfonamides is 1. The first-order valence-corrected chi connectivity index (χ1v) is 10.2. The van der Waals surface area contributed by atoms with Crippen molar-refractivity contribution in [2.75, 3.05) is 26.4 Å². The highest BCUT2D eigenvalue weighted by Gasteiger charge is 2.16. The summed E-state index contributed by atoms with van der Waals surface area (Å²) in [6.45, 7) is 8.87. The van der Waals surface area contributed by atoms with Crippen molar-refractivity contribution in [1.29, 1.82) is 0 Å². The van der Waals surface area contributed by atoms with Crippen LogP contribution in [0.2, 0.25) is 0 Å². The molecule has 0 spiro atoms. The number of rotatable bonds is 8. The summed E-state index contributed by atoms with van der Waals surface area (Å²) in [5.41, 5.74) is 1.27. The Morgan fingerprint density at radius 2 is 1.80 bits per heavy atom. The molecule has 1 unspecified atom stereocenters. The molecule has 0 bridgehead atoms. The third-order valence-corrected chi connectivity index (χ3v) is 5.23. The van der Waals surface area contributed by atoms with Crippen LogP contribution in [-0.2, 0) is 20.2 Å². The van der Waals surface area contributed by atoms with Gasteiger partial charge in [0.05, 0.1) is 6.26 Å². The van der Waals surface area contributed by atoms with Gasteiger partial charge in [-0.2, -0.15) is 0 Å². The maximum atomic E-state index is 12.0. The van der Waals surface area contributed by atoms with Crippen molar-refractivity contribution in [3.05, 3.63) is 29.8 Å². The smallest absolute Gasteiger partial charge is 0.260 e. The molecule has 1 N–H and O–H groups in total. The summed E-state index contributed by atoms with van der Waals surface area (Å²) in [7, 11) is -1.66. The lowest BCUT2D eigenvalue weighted by Gasteiger charge is -2.20. The molecule has 0 fully saturated rings. The van der Waals surface area contributed by atoms with Crippen molar-refractivity contribution >= 4 is 15.9 Å². The van der Waals surface area contributed by atoms with E-state index in [0.717, 1.165) is 6.26 Å². The highest BCUT2D eigenvalue weighted by Crippen LogP contribution is 2.24. The predicted molar refractivity (Wildman–Crippen MR) is 100 cm³/mol. The molecule has 0 aliphatic carbocycles. The summed E-state index contributed by atoms with van der Waals surface area (Å²) in [5.74, 6) is 0.425. The Balaban J connectivity index is 2.42. The standard InChI is InChI=1S/C18H30N2O4S/c1-14(17(21)19-12-7-13-20(5)25(6,22)23)24-16-10-8-15(9-11-16)18(2,3)4/h8-11,14H,7,12-13H2,1-6H3,(H,19,21). The number of nitrogens with zero attached hydrogens (tertiary/aromatic N) is 1. The zero-order chi connectivity index (χ0) is 19.3. The Morgan fingerprint density at radius 3 is 2.28 bits per heavy atom. The molecular formula is C18H30N2O4S. The molecule has 0 saturated carbocycles. The molecule has 0 aromatic heterocycles. The number of benzene rings is 1. The third kappa shape index (κ3) is 7.44. The van der Waals surface area contributed by atoms with E-state index >= 15 is 0 Å². The van der Waals surface area contributed by atoms with Gasteiger partial charge in [-0.25, -0.2) is 12.7 Å². The molecule has 1 aromatic carbocycles. The van der Waals surface area contributed by atoms with Crippen molar-refractivity contribution in [3.63, 3.8) is 0 Å². The highest BCUT2D eigenvalue weighted by molar-refractivity contribution is 7.88. The van der Waals surface area contributed by atoms with Crippen molar-refractivity contribution in [2.24, 2.45) is 0 Å². The summed E-state index contributed by atoms with van der Waals surface area (Å²) < 4.78 is 29.5. The zero-order valence-electron chi connectivity index (χ0n) is 16.0. The fraction of sp³-hybridized carbons (Fsp3) is 0.611. The lowest BCUT2D eigenvalue weighted by molar-refractivity contribution is -0.127. The molecule has 6 nitrogen and oxygen atoms in total. The van der Waals surface area contributed by atoms with Crippen molar-refractivity contribution in [1.82, 2.24) is 9.62 Å². The summed E-state index contributed by atoms with van der Waals surface area (Å²) in [6, 6.07) is 7.73. The molecule has 7 heteroatoms. The molecule has 0 aliphatic heterocycles. The minimum absolute atomic E-state index is 0.0701. The summed E-state index contributed by atoms with van der Waals surface area (Å²) in [4.78, 5) is 12.0. The normalized spacial score (nSPS) is 13.6. The average Bonchev–Trinajstić information content (AvgIpc) is 2.49. The molecule has 142 valence electrons. The first-order chi connectivity index (χ1) is 11.4. The minimum atomic E-state index is -3.18. The number of hydrogen-bond acceptors (Lipinski definition) is 4. The summed E-state index contributed by atoms with van der Waals surface area (Å²) in [5, 5.41) is 2.76. The van der Waals surface area contributed by atoms with Crippen LogP contribution in [0.15, 0.2) is 24.3 Å². The van der Waals surface area contributed by atoms with Gasteiger partial charge in [0, 0.05) is 20.1 Å². The second kappa shape index (κ2) is 8.67. The number of amides is 1. The summed E-state index contributed by atoms with van der Waals surface area (Å²) >= 11 is 0. The van der Waals surface area contributed by atoms with Crippen molar-refractivity contribution in [2.45, 2.75) is 45.6 Å². The maximum Gasteiger partial charge on any atom is 0.260 e. The predicted octanol–water partition coefficient (Wildman–Crippen LogP) is 2.15. The van der Waals surface area contributed by atoms with E-state index in [0.29, 0.717) is 25.3 Å².